The van der Waals surface area contributed by atoms with Crippen LogP contribution in [-0.2, 0) is 14.8 Å². The van der Waals surface area contributed by atoms with Crippen LogP contribution in [-0.4, -0.2) is 57.5 Å². The maximum atomic E-state index is 13.3. The lowest BCUT2D eigenvalue weighted by atomic mass is 9.85. The van der Waals surface area contributed by atoms with Gasteiger partial charge in [0, 0.05) is 24.6 Å². The number of rotatable bonds is 8. The van der Waals surface area contributed by atoms with Crippen molar-refractivity contribution in [3.8, 4) is 0 Å². The first kappa shape index (κ1) is 24.4. The second-order valence-corrected chi connectivity index (χ2v) is 12.8. The number of thiazole rings is 1. The topological polar surface area (TPSA) is 92.3 Å². The monoisotopic (exact) mass is 484 g/mol. The molecule has 3 unspecified atom stereocenters. The lowest BCUT2D eigenvalue weighted by molar-refractivity contribution is 0.0685. The number of aryl methyl sites for hydroxylation is 1. The fraction of sp³-hybridized carbons (Fsp3) is 0.870. The van der Waals surface area contributed by atoms with E-state index in [1.54, 1.807) is 18.4 Å². The summed E-state index contributed by atoms with van der Waals surface area (Å²) in [6.07, 6.45) is 10.4. The quantitative estimate of drug-likeness (QED) is 0.520. The van der Waals surface area contributed by atoms with Crippen molar-refractivity contribution in [1.29, 1.82) is 0 Å². The van der Waals surface area contributed by atoms with Gasteiger partial charge in [-0.05, 0) is 76.8 Å². The van der Waals surface area contributed by atoms with Crippen LogP contribution in [0.25, 0.3) is 0 Å². The van der Waals surface area contributed by atoms with Gasteiger partial charge in [-0.15, -0.1) is 11.3 Å². The van der Waals surface area contributed by atoms with Crippen molar-refractivity contribution in [3.05, 3.63) is 10.6 Å². The van der Waals surface area contributed by atoms with Gasteiger partial charge >= 0.3 is 0 Å². The van der Waals surface area contributed by atoms with Gasteiger partial charge in [-0.1, -0.05) is 19.3 Å². The highest BCUT2D eigenvalue weighted by Crippen LogP contribution is 2.41. The maximum Gasteiger partial charge on any atom is 0.217 e. The number of nitrogens with one attached hydrogen (secondary N) is 3. The fourth-order valence-electron chi connectivity index (χ4n) is 5.68. The molecule has 1 saturated heterocycles. The van der Waals surface area contributed by atoms with Crippen LogP contribution in [0.15, 0.2) is 0 Å². The fourth-order valence-corrected chi connectivity index (χ4v) is 8.81. The van der Waals surface area contributed by atoms with Gasteiger partial charge in [-0.25, -0.2) is 18.1 Å². The highest BCUT2D eigenvalue weighted by molar-refractivity contribution is 7.90. The molecule has 1 aromatic rings. The molecule has 9 heteroatoms. The minimum atomic E-state index is -3.45. The first-order valence-electron chi connectivity index (χ1n) is 12.4. The molecule has 0 bridgehead atoms. The Bertz CT molecular complexity index is 832. The first-order chi connectivity index (χ1) is 15.5. The van der Waals surface area contributed by atoms with E-state index in [0.29, 0.717) is 6.42 Å². The largest absolute Gasteiger partial charge is 0.380 e. The summed E-state index contributed by atoms with van der Waals surface area (Å²) in [5.41, 5.74) is 1.05. The van der Waals surface area contributed by atoms with Crippen molar-refractivity contribution in [2.45, 2.75) is 94.4 Å². The van der Waals surface area contributed by atoms with Crippen LogP contribution in [0.4, 0.5) is 5.13 Å². The first-order valence-corrected chi connectivity index (χ1v) is 14.8. The summed E-state index contributed by atoms with van der Waals surface area (Å²) in [5.74, 6) is 0.975. The molecule has 2 heterocycles. The molecule has 182 valence electrons. The number of hydrogen-bond donors (Lipinski definition) is 3. The van der Waals surface area contributed by atoms with Gasteiger partial charge in [0.1, 0.15) is 5.25 Å². The van der Waals surface area contributed by atoms with Crippen LogP contribution in [0, 0.1) is 12.8 Å². The molecule has 32 heavy (non-hydrogen) atoms. The Kier molecular flexibility index (Phi) is 8.48. The molecule has 1 aliphatic heterocycles. The number of hydrogen-bond acceptors (Lipinski definition) is 7. The lowest BCUT2D eigenvalue weighted by Gasteiger charge is -2.36. The molecular weight excluding hydrogens is 444 g/mol. The maximum absolute atomic E-state index is 13.3. The summed E-state index contributed by atoms with van der Waals surface area (Å²) in [4.78, 5) is 6.04. The molecule has 3 fully saturated rings. The standard InChI is InChI=1S/C23H40N4O3S2/c1-16-22(31-23(26-16)25-15-17-6-4-3-5-7-17)18-8-9-20(30-2)21(14-18)32(28,29)27-19-10-12-24-13-11-19/h17-21,24,27H,3-15H2,1-2H3,(H,25,26). The number of piperidine rings is 1. The van der Waals surface area contributed by atoms with E-state index in [2.05, 4.69) is 22.3 Å². The molecule has 0 radical (unpaired) electrons. The molecule has 0 aromatic carbocycles. The minimum absolute atomic E-state index is 0.0277. The predicted molar refractivity (Wildman–Crippen MR) is 131 cm³/mol. The van der Waals surface area contributed by atoms with Crippen LogP contribution in [0.1, 0.15) is 80.7 Å². The van der Waals surface area contributed by atoms with Crippen LogP contribution < -0.4 is 15.4 Å². The summed E-state index contributed by atoms with van der Waals surface area (Å²) in [6, 6.07) is 0.0277. The van der Waals surface area contributed by atoms with E-state index in [-0.39, 0.29) is 18.1 Å². The van der Waals surface area contributed by atoms with Crippen LogP contribution in [0.2, 0.25) is 0 Å². The number of methoxy groups -OCH3 is 1. The number of sulfonamides is 1. The normalized spacial score (nSPS) is 28.6. The third-order valence-corrected chi connectivity index (χ3v) is 10.8. The van der Waals surface area contributed by atoms with Gasteiger partial charge in [0.2, 0.25) is 10.0 Å². The highest BCUT2D eigenvalue weighted by Gasteiger charge is 2.41. The Labute approximate surface area is 197 Å². The van der Waals surface area contributed by atoms with E-state index in [0.717, 1.165) is 62.1 Å². The second-order valence-electron chi connectivity index (χ2n) is 9.86. The number of nitrogens with zero attached hydrogens (tertiary/aromatic N) is 1. The molecule has 0 spiro atoms. The van der Waals surface area contributed by atoms with E-state index >= 15 is 0 Å². The zero-order chi connectivity index (χ0) is 22.6. The van der Waals surface area contributed by atoms with E-state index < -0.39 is 15.3 Å². The summed E-state index contributed by atoms with van der Waals surface area (Å²) in [6.45, 7) is 4.80. The Balaban J connectivity index is 1.42. The van der Waals surface area contributed by atoms with Gasteiger partial charge in [0.15, 0.2) is 5.13 Å². The number of anilines is 1. The molecule has 0 amide bonds. The molecular formula is C23H40N4O3S2. The highest BCUT2D eigenvalue weighted by atomic mass is 32.2. The van der Waals surface area contributed by atoms with E-state index in [9.17, 15) is 8.42 Å². The molecule has 2 aliphatic carbocycles. The van der Waals surface area contributed by atoms with Gasteiger partial charge in [0.05, 0.1) is 11.8 Å². The summed E-state index contributed by atoms with van der Waals surface area (Å²) < 4.78 is 35.3. The molecule has 3 atom stereocenters. The molecule has 3 N–H and O–H groups in total. The van der Waals surface area contributed by atoms with Gasteiger partial charge in [-0.2, -0.15) is 0 Å². The van der Waals surface area contributed by atoms with E-state index in [1.807, 2.05) is 0 Å². The van der Waals surface area contributed by atoms with Gasteiger partial charge in [-0.3, -0.25) is 0 Å². The number of aromatic nitrogens is 1. The van der Waals surface area contributed by atoms with E-state index in [4.69, 9.17) is 9.72 Å². The SMILES string of the molecule is COC1CCC(c2sc(NCC3CCCCC3)nc2C)CC1S(=O)(=O)NC1CCNCC1. The van der Waals surface area contributed by atoms with Crippen molar-refractivity contribution < 1.29 is 13.2 Å². The summed E-state index contributed by atoms with van der Waals surface area (Å²) in [5, 5.41) is 7.35. The average molecular weight is 485 g/mol. The molecule has 1 aromatic heterocycles. The van der Waals surface area contributed by atoms with E-state index in [1.165, 1.54) is 37.0 Å². The van der Waals surface area contributed by atoms with Gasteiger partial charge < -0.3 is 15.4 Å². The Morgan fingerprint density at radius 2 is 1.84 bits per heavy atom. The summed E-state index contributed by atoms with van der Waals surface area (Å²) >= 11 is 1.73. The molecule has 7 nitrogen and oxygen atoms in total. The predicted octanol–water partition coefficient (Wildman–Crippen LogP) is 3.77. The molecule has 2 saturated carbocycles. The van der Waals surface area contributed by atoms with Crippen LogP contribution >= 0.6 is 11.3 Å². The Morgan fingerprint density at radius 1 is 1.09 bits per heavy atom. The van der Waals surface area contributed by atoms with Crippen molar-refractivity contribution in [3.63, 3.8) is 0 Å². The minimum Gasteiger partial charge on any atom is -0.380 e. The average Bonchev–Trinajstić information content (AvgIpc) is 3.19. The van der Waals surface area contributed by atoms with Gasteiger partial charge in [0.25, 0.3) is 0 Å². The van der Waals surface area contributed by atoms with Crippen molar-refractivity contribution in [2.75, 3.05) is 32.1 Å². The Morgan fingerprint density at radius 3 is 2.56 bits per heavy atom. The third kappa shape index (κ3) is 6.03. The van der Waals surface area contributed by atoms with Crippen molar-refractivity contribution >= 4 is 26.5 Å². The zero-order valence-electron chi connectivity index (χ0n) is 19.6. The van der Waals surface area contributed by atoms with Crippen molar-refractivity contribution in [2.24, 2.45) is 5.92 Å². The van der Waals surface area contributed by atoms with Crippen LogP contribution in [0.3, 0.4) is 0 Å². The molecule has 3 aliphatic rings. The third-order valence-electron chi connectivity index (χ3n) is 7.57. The smallest absolute Gasteiger partial charge is 0.217 e. The Hall–Kier alpha value is -0.740. The second kappa shape index (κ2) is 11.1. The molecule has 4 rings (SSSR count). The lowest BCUT2D eigenvalue weighted by Crippen LogP contribution is -2.50. The zero-order valence-corrected chi connectivity index (χ0v) is 21.2. The number of ether oxygens (including phenoxy) is 1. The van der Waals surface area contributed by atoms with Crippen molar-refractivity contribution in [1.82, 2.24) is 15.0 Å². The van der Waals surface area contributed by atoms with Crippen LogP contribution in [0.5, 0.6) is 0 Å². The summed E-state index contributed by atoms with van der Waals surface area (Å²) in [7, 11) is -1.81.